The number of anilines is 3. The summed E-state index contributed by atoms with van der Waals surface area (Å²) in [5, 5.41) is 10.5. The van der Waals surface area contributed by atoms with E-state index in [0.29, 0.717) is 47.5 Å². The third-order valence-corrected chi connectivity index (χ3v) is 7.07. The standard InChI is InChI=1S/C25H29ClF2N6/c1-16-12-23(32-31-16)30-22-14-21(34-8-3-9-34)25(28)20(29-22)13-17-6-10-33(11-7-17)15-18-4-2-5-19(26)24(18)27/h2,4-5,12,14,17H,3,6-11,13,15H2,1H3,(H2,29,30,31,32). The molecule has 3 aromatic rings. The number of aromatic amines is 1. The number of likely N-dealkylation sites (tertiary alicyclic amines) is 1. The predicted molar refractivity (Wildman–Crippen MR) is 131 cm³/mol. The fourth-order valence-electron chi connectivity index (χ4n) is 4.70. The number of benzene rings is 1. The first-order valence-corrected chi connectivity index (χ1v) is 12.2. The number of hydrogen-bond donors (Lipinski definition) is 2. The summed E-state index contributed by atoms with van der Waals surface area (Å²) in [5.74, 6) is 1.05. The fraction of sp³-hybridized carbons (Fsp3) is 0.440. The molecule has 2 aliphatic heterocycles. The molecule has 2 saturated heterocycles. The highest BCUT2D eigenvalue weighted by Gasteiger charge is 2.26. The highest BCUT2D eigenvalue weighted by molar-refractivity contribution is 6.30. The number of hydrogen-bond acceptors (Lipinski definition) is 5. The number of piperidine rings is 1. The van der Waals surface area contributed by atoms with Gasteiger partial charge in [-0.1, -0.05) is 23.7 Å². The van der Waals surface area contributed by atoms with Crippen molar-refractivity contribution in [1.29, 1.82) is 0 Å². The third kappa shape index (κ3) is 5.03. The van der Waals surface area contributed by atoms with Gasteiger partial charge in [0, 0.05) is 43.0 Å². The van der Waals surface area contributed by atoms with E-state index in [0.717, 1.165) is 51.1 Å². The van der Waals surface area contributed by atoms with Crippen LogP contribution in [-0.4, -0.2) is 46.3 Å². The molecule has 5 rings (SSSR count). The lowest BCUT2D eigenvalue weighted by molar-refractivity contribution is 0.174. The largest absolute Gasteiger partial charge is 0.369 e. The van der Waals surface area contributed by atoms with E-state index >= 15 is 4.39 Å². The number of halogens is 3. The van der Waals surface area contributed by atoms with Crippen LogP contribution in [0.25, 0.3) is 0 Å². The van der Waals surface area contributed by atoms with Crippen LogP contribution in [0.3, 0.4) is 0 Å². The number of nitrogens with one attached hydrogen (secondary N) is 2. The molecule has 0 amide bonds. The number of pyridine rings is 1. The Morgan fingerprint density at radius 2 is 1.88 bits per heavy atom. The normalized spacial score (nSPS) is 17.1. The summed E-state index contributed by atoms with van der Waals surface area (Å²) in [7, 11) is 0. The molecule has 180 valence electrons. The maximum Gasteiger partial charge on any atom is 0.168 e. The first-order valence-electron chi connectivity index (χ1n) is 11.8. The molecule has 2 fully saturated rings. The molecule has 2 aliphatic rings. The molecule has 4 heterocycles. The highest BCUT2D eigenvalue weighted by atomic mass is 35.5. The van der Waals surface area contributed by atoms with E-state index in [2.05, 4.69) is 30.3 Å². The van der Waals surface area contributed by atoms with Crippen LogP contribution in [0.1, 0.15) is 36.2 Å². The molecule has 2 aromatic heterocycles. The molecule has 0 atom stereocenters. The molecule has 9 heteroatoms. The molecule has 2 N–H and O–H groups in total. The molecule has 0 radical (unpaired) electrons. The minimum absolute atomic E-state index is 0.158. The van der Waals surface area contributed by atoms with Gasteiger partial charge in [-0.2, -0.15) is 5.10 Å². The van der Waals surface area contributed by atoms with Crippen LogP contribution in [0, 0.1) is 24.5 Å². The Morgan fingerprint density at radius 1 is 1.09 bits per heavy atom. The Kier molecular flexibility index (Phi) is 6.70. The van der Waals surface area contributed by atoms with Gasteiger partial charge in [0.25, 0.3) is 0 Å². The minimum atomic E-state index is -0.340. The molecule has 0 unspecified atom stereocenters. The zero-order valence-electron chi connectivity index (χ0n) is 19.3. The van der Waals surface area contributed by atoms with Crippen molar-refractivity contribution in [3.8, 4) is 0 Å². The van der Waals surface area contributed by atoms with Gasteiger partial charge in [0.15, 0.2) is 11.6 Å². The van der Waals surface area contributed by atoms with Crippen LogP contribution < -0.4 is 10.2 Å². The zero-order chi connectivity index (χ0) is 23.7. The van der Waals surface area contributed by atoms with E-state index in [1.165, 1.54) is 0 Å². The van der Waals surface area contributed by atoms with Crippen LogP contribution in [0.15, 0.2) is 30.3 Å². The van der Waals surface area contributed by atoms with Crippen LogP contribution in [0.5, 0.6) is 0 Å². The van der Waals surface area contributed by atoms with Gasteiger partial charge in [-0.3, -0.25) is 10.00 Å². The Labute approximate surface area is 203 Å². The predicted octanol–water partition coefficient (Wildman–Crippen LogP) is 5.45. The van der Waals surface area contributed by atoms with Crippen molar-refractivity contribution in [2.45, 2.75) is 39.2 Å². The SMILES string of the molecule is Cc1cc(Nc2cc(N3CCC3)c(F)c(CC3CCN(Cc4cccc(Cl)c4F)CC3)n2)n[nH]1. The first-order chi connectivity index (χ1) is 16.5. The summed E-state index contributed by atoms with van der Waals surface area (Å²) in [6.45, 7) is 5.86. The van der Waals surface area contributed by atoms with E-state index < -0.39 is 0 Å². The van der Waals surface area contributed by atoms with E-state index in [1.54, 1.807) is 24.3 Å². The molecule has 34 heavy (non-hydrogen) atoms. The second-order valence-electron chi connectivity index (χ2n) is 9.33. The van der Waals surface area contributed by atoms with Gasteiger partial charge in [-0.25, -0.2) is 13.8 Å². The monoisotopic (exact) mass is 486 g/mol. The average molecular weight is 487 g/mol. The number of aromatic nitrogens is 3. The summed E-state index contributed by atoms with van der Waals surface area (Å²) in [6, 6.07) is 8.81. The van der Waals surface area contributed by atoms with E-state index in [9.17, 15) is 4.39 Å². The maximum absolute atomic E-state index is 15.4. The Balaban J connectivity index is 1.27. The Hall–Kier alpha value is -2.71. The lowest BCUT2D eigenvalue weighted by atomic mass is 9.91. The Morgan fingerprint density at radius 3 is 2.56 bits per heavy atom. The van der Waals surface area contributed by atoms with Gasteiger partial charge in [0.05, 0.1) is 16.4 Å². The third-order valence-electron chi connectivity index (χ3n) is 6.78. The van der Waals surface area contributed by atoms with Crippen molar-refractivity contribution in [3.63, 3.8) is 0 Å². The Bertz CT molecular complexity index is 1150. The quantitative estimate of drug-likeness (QED) is 0.465. The molecular weight excluding hydrogens is 458 g/mol. The molecule has 6 nitrogen and oxygen atoms in total. The van der Waals surface area contributed by atoms with Crippen molar-refractivity contribution in [1.82, 2.24) is 20.1 Å². The first kappa shape index (κ1) is 23.1. The highest BCUT2D eigenvalue weighted by Crippen LogP contribution is 2.32. The van der Waals surface area contributed by atoms with Crippen LogP contribution >= 0.6 is 11.6 Å². The van der Waals surface area contributed by atoms with Gasteiger partial charge in [0.1, 0.15) is 11.6 Å². The molecule has 0 bridgehead atoms. The number of nitrogens with zero attached hydrogens (tertiary/aromatic N) is 4. The second-order valence-corrected chi connectivity index (χ2v) is 9.73. The summed E-state index contributed by atoms with van der Waals surface area (Å²) < 4.78 is 29.7. The summed E-state index contributed by atoms with van der Waals surface area (Å²) >= 11 is 5.92. The van der Waals surface area contributed by atoms with Gasteiger partial charge < -0.3 is 10.2 Å². The van der Waals surface area contributed by atoms with Gasteiger partial charge in [-0.15, -0.1) is 0 Å². The molecule has 1 aromatic carbocycles. The zero-order valence-corrected chi connectivity index (χ0v) is 20.0. The molecular formula is C25H29ClF2N6. The van der Waals surface area contributed by atoms with Gasteiger partial charge in [-0.05, 0) is 57.7 Å². The van der Waals surface area contributed by atoms with Crippen molar-refractivity contribution < 1.29 is 8.78 Å². The van der Waals surface area contributed by atoms with Crippen molar-refractivity contribution >= 4 is 28.9 Å². The number of rotatable bonds is 7. The van der Waals surface area contributed by atoms with E-state index in [-0.39, 0.29) is 16.7 Å². The van der Waals surface area contributed by atoms with Crippen LogP contribution in [0.2, 0.25) is 5.02 Å². The van der Waals surface area contributed by atoms with Crippen molar-refractivity contribution in [2.75, 3.05) is 36.4 Å². The van der Waals surface area contributed by atoms with Gasteiger partial charge in [0.2, 0.25) is 0 Å². The van der Waals surface area contributed by atoms with E-state index in [1.807, 2.05) is 13.0 Å². The molecule has 0 spiro atoms. The second kappa shape index (κ2) is 9.88. The number of aryl methyl sites for hydroxylation is 1. The van der Waals surface area contributed by atoms with Crippen molar-refractivity contribution in [2.24, 2.45) is 5.92 Å². The van der Waals surface area contributed by atoms with Crippen LogP contribution in [0.4, 0.5) is 26.1 Å². The average Bonchev–Trinajstić information content (AvgIpc) is 3.19. The van der Waals surface area contributed by atoms with Crippen molar-refractivity contribution in [3.05, 3.63) is 63.9 Å². The van der Waals surface area contributed by atoms with Gasteiger partial charge >= 0.3 is 0 Å². The van der Waals surface area contributed by atoms with E-state index in [4.69, 9.17) is 11.6 Å². The maximum atomic E-state index is 15.4. The summed E-state index contributed by atoms with van der Waals surface area (Å²) in [4.78, 5) is 8.93. The smallest absolute Gasteiger partial charge is 0.168 e. The minimum Gasteiger partial charge on any atom is -0.369 e. The number of H-pyrrole nitrogens is 1. The summed E-state index contributed by atoms with van der Waals surface area (Å²) in [6.07, 6.45) is 3.49. The topological polar surface area (TPSA) is 60.1 Å². The molecule has 0 aliphatic carbocycles. The lowest BCUT2D eigenvalue weighted by Crippen LogP contribution is -2.38. The fourth-order valence-corrected chi connectivity index (χ4v) is 4.89. The summed E-state index contributed by atoms with van der Waals surface area (Å²) in [5.41, 5.74) is 2.67. The lowest BCUT2D eigenvalue weighted by Gasteiger charge is -2.35. The van der Waals surface area contributed by atoms with Crippen LogP contribution in [-0.2, 0) is 13.0 Å². The molecule has 0 saturated carbocycles.